The molecule has 9 heteroatoms. The summed E-state index contributed by atoms with van der Waals surface area (Å²) in [6, 6.07) is 11.0. The number of amides is 2. The number of hydrogen-bond acceptors (Lipinski definition) is 5. The molecule has 0 spiro atoms. The number of nitrogens with one attached hydrogen (secondary N) is 2. The Bertz CT molecular complexity index is 1210. The highest BCUT2D eigenvalue weighted by molar-refractivity contribution is 9.10. The van der Waals surface area contributed by atoms with Crippen molar-refractivity contribution in [3.8, 4) is 0 Å². The normalized spacial score (nSPS) is 12.0. The monoisotopic (exact) mass is 543 g/mol. The number of carbonyl (C=O) groups excluding carboxylic acids is 2. The van der Waals surface area contributed by atoms with E-state index < -0.39 is 0 Å². The fourth-order valence-electron chi connectivity index (χ4n) is 3.50. The van der Waals surface area contributed by atoms with E-state index in [0.29, 0.717) is 16.5 Å². The average molecular weight is 545 g/mol. The van der Waals surface area contributed by atoms with E-state index in [1.165, 1.54) is 11.8 Å². The Labute approximate surface area is 213 Å². The van der Waals surface area contributed by atoms with E-state index in [0.717, 1.165) is 26.9 Å². The minimum absolute atomic E-state index is 0.0985. The van der Waals surface area contributed by atoms with Crippen LogP contribution >= 0.6 is 27.7 Å². The van der Waals surface area contributed by atoms with Gasteiger partial charge < -0.3 is 15.2 Å². The number of anilines is 1. The van der Waals surface area contributed by atoms with Gasteiger partial charge in [0, 0.05) is 22.8 Å². The molecule has 7 nitrogen and oxygen atoms in total. The molecule has 0 saturated carbocycles. The zero-order chi connectivity index (χ0) is 25.0. The molecule has 1 heterocycles. The highest BCUT2D eigenvalue weighted by Crippen LogP contribution is 2.27. The number of halogens is 1. The minimum atomic E-state index is -0.318. The Morgan fingerprint density at radius 1 is 1.09 bits per heavy atom. The van der Waals surface area contributed by atoms with Gasteiger partial charge >= 0.3 is 0 Å². The summed E-state index contributed by atoms with van der Waals surface area (Å²) in [6.45, 7) is 10.00. The molecule has 1 atom stereocenters. The first-order valence-corrected chi connectivity index (χ1v) is 12.8. The number of thioether (sulfide) groups is 1. The molecule has 0 radical (unpaired) electrons. The lowest BCUT2D eigenvalue weighted by Gasteiger charge is -2.22. The van der Waals surface area contributed by atoms with Crippen molar-refractivity contribution in [1.82, 2.24) is 20.1 Å². The van der Waals surface area contributed by atoms with Crippen LogP contribution in [0.15, 0.2) is 46.0 Å². The maximum absolute atomic E-state index is 12.8. The second kappa shape index (κ2) is 11.2. The lowest BCUT2D eigenvalue weighted by molar-refractivity contribution is -0.113. The van der Waals surface area contributed by atoms with E-state index in [9.17, 15) is 9.59 Å². The summed E-state index contributed by atoms with van der Waals surface area (Å²) in [6.07, 6.45) is 0. The summed E-state index contributed by atoms with van der Waals surface area (Å²) in [7, 11) is 1.85. The summed E-state index contributed by atoms with van der Waals surface area (Å²) in [5.74, 6) is 0.675. The molecule has 180 valence electrons. The van der Waals surface area contributed by atoms with Crippen molar-refractivity contribution < 1.29 is 9.59 Å². The van der Waals surface area contributed by atoms with Crippen LogP contribution in [-0.2, 0) is 11.8 Å². The first-order chi connectivity index (χ1) is 16.1. The molecular weight excluding hydrogens is 514 g/mol. The average Bonchev–Trinajstić information content (AvgIpc) is 3.16. The van der Waals surface area contributed by atoms with Crippen LogP contribution in [0.2, 0.25) is 0 Å². The number of benzene rings is 2. The van der Waals surface area contributed by atoms with Gasteiger partial charge in [0.1, 0.15) is 0 Å². The molecule has 0 unspecified atom stereocenters. The zero-order valence-corrected chi connectivity index (χ0v) is 22.7. The van der Waals surface area contributed by atoms with Crippen molar-refractivity contribution in [2.24, 2.45) is 13.0 Å². The third kappa shape index (κ3) is 6.07. The maximum atomic E-state index is 12.8. The topological polar surface area (TPSA) is 88.9 Å². The van der Waals surface area contributed by atoms with Crippen LogP contribution in [0.5, 0.6) is 0 Å². The minimum Gasteiger partial charge on any atom is -0.342 e. The van der Waals surface area contributed by atoms with Crippen LogP contribution in [0.3, 0.4) is 0 Å². The Hall–Kier alpha value is -2.65. The standard InChI is InChI=1S/C25H30BrN5O2S/c1-14(2)22(28-24(33)18-9-7-8-15(3)12-18)23-29-30-25(31(23)6)34-13-21(32)27-20-11-10-19(26)16(4)17(20)5/h7-12,14,22H,13H2,1-6H3,(H,27,32)(H,28,33)/t22-/m1/s1. The molecule has 34 heavy (non-hydrogen) atoms. The van der Waals surface area contributed by atoms with E-state index in [2.05, 4.69) is 36.8 Å². The predicted octanol–water partition coefficient (Wildman–Crippen LogP) is 5.36. The largest absolute Gasteiger partial charge is 0.342 e. The van der Waals surface area contributed by atoms with Crippen molar-refractivity contribution in [3.63, 3.8) is 0 Å². The van der Waals surface area contributed by atoms with Gasteiger partial charge in [-0.2, -0.15) is 0 Å². The molecule has 2 amide bonds. The Kier molecular flexibility index (Phi) is 8.54. The third-order valence-corrected chi connectivity index (χ3v) is 7.59. The highest BCUT2D eigenvalue weighted by atomic mass is 79.9. The van der Waals surface area contributed by atoms with Gasteiger partial charge in [0.05, 0.1) is 11.8 Å². The molecule has 0 aliphatic rings. The van der Waals surface area contributed by atoms with Gasteiger partial charge in [0.25, 0.3) is 5.91 Å². The SMILES string of the molecule is Cc1cccc(C(=O)N[C@@H](c2nnc(SCC(=O)Nc3ccc(Br)c(C)c3C)n2C)C(C)C)c1. The highest BCUT2D eigenvalue weighted by Gasteiger charge is 2.25. The zero-order valence-electron chi connectivity index (χ0n) is 20.3. The lowest BCUT2D eigenvalue weighted by atomic mass is 10.0. The third-order valence-electron chi connectivity index (χ3n) is 5.71. The van der Waals surface area contributed by atoms with Crippen molar-refractivity contribution in [2.45, 2.75) is 45.8 Å². The molecule has 0 aliphatic carbocycles. The summed E-state index contributed by atoms with van der Waals surface area (Å²) in [5, 5.41) is 15.3. The fourth-order valence-corrected chi connectivity index (χ4v) is 4.65. The molecule has 2 aromatic carbocycles. The van der Waals surface area contributed by atoms with Gasteiger partial charge in [-0.3, -0.25) is 9.59 Å². The number of nitrogens with zero attached hydrogens (tertiary/aromatic N) is 3. The van der Waals surface area contributed by atoms with Crippen LogP contribution in [-0.4, -0.2) is 32.3 Å². The molecule has 2 N–H and O–H groups in total. The molecule has 0 saturated heterocycles. The van der Waals surface area contributed by atoms with Gasteiger partial charge in [-0.15, -0.1) is 10.2 Å². The summed E-state index contributed by atoms with van der Waals surface area (Å²) >= 11 is 4.82. The first kappa shape index (κ1) is 26.0. The van der Waals surface area contributed by atoms with Gasteiger partial charge in [-0.05, 0) is 62.1 Å². The molecule has 3 rings (SSSR count). The maximum Gasteiger partial charge on any atom is 0.251 e. The van der Waals surface area contributed by atoms with Crippen molar-refractivity contribution >= 4 is 45.2 Å². The van der Waals surface area contributed by atoms with E-state index in [1.807, 2.05) is 76.6 Å². The van der Waals surface area contributed by atoms with Crippen molar-refractivity contribution in [2.75, 3.05) is 11.1 Å². The second-order valence-electron chi connectivity index (χ2n) is 8.65. The molecule has 0 aliphatic heterocycles. The van der Waals surface area contributed by atoms with Gasteiger partial charge in [0.15, 0.2) is 11.0 Å². The Balaban J connectivity index is 1.68. The second-order valence-corrected chi connectivity index (χ2v) is 10.4. The predicted molar refractivity (Wildman–Crippen MR) is 140 cm³/mol. The summed E-state index contributed by atoms with van der Waals surface area (Å²) in [4.78, 5) is 25.4. The number of carbonyl (C=O) groups is 2. The smallest absolute Gasteiger partial charge is 0.251 e. The van der Waals surface area contributed by atoms with Crippen LogP contribution in [0.1, 0.15) is 52.8 Å². The quantitative estimate of drug-likeness (QED) is 0.373. The number of hydrogen-bond donors (Lipinski definition) is 2. The van der Waals surface area contributed by atoms with Crippen LogP contribution in [0, 0.1) is 26.7 Å². The van der Waals surface area contributed by atoms with Crippen molar-refractivity contribution in [3.05, 3.63) is 68.9 Å². The van der Waals surface area contributed by atoms with E-state index in [1.54, 1.807) is 6.07 Å². The lowest BCUT2D eigenvalue weighted by Crippen LogP contribution is -2.33. The number of aryl methyl sites for hydroxylation is 1. The molecule has 3 aromatic rings. The van der Waals surface area contributed by atoms with Crippen LogP contribution in [0.4, 0.5) is 5.69 Å². The van der Waals surface area contributed by atoms with E-state index >= 15 is 0 Å². The van der Waals surface area contributed by atoms with Gasteiger partial charge in [-0.25, -0.2) is 0 Å². The fraction of sp³-hybridized carbons (Fsp3) is 0.360. The van der Waals surface area contributed by atoms with Crippen LogP contribution in [0.25, 0.3) is 0 Å². The Morgan fingerprint density at radius 3 is 2.50 bits per heavy atom. The van der Waals surface area contributed by atoms with E-state index in [4.69, 9.17) is 0 Å². The molecular formula is C25H30BrN5O2S. The Morgan fingerprint density at radius 2 is 1.82 bits per heavy atom. The molecule has 1 aromatic heterocycles. The van der Waals surface area contributed by atoms with Gasteiger partial charge in [0.2, 0.25) is 5.91 Å². The molecule has 0 bridgehead atoms. The molecule has 0 fully saturated rings. The summed E-state index contributed by atoms with van der Waals surface area (Å²) < 4.78 is 2.85. The number of rotatable bonds is 8. The van der Waals surface area contributed by atoms with E-state index in [-0.39, 0.29) is 29.5 Å². The van der Waals surface area contributed by atoms with Crippen molar-refractivity contribution in [1.29, 1.82) is 0 Å². The summed E-state index contributed by atoms with van der Waals surface area (Å²) in [5.41, 5.74) is 4.55. The van der Waals surface area contributed by atoms with Crippen LogP contribution < -0.4 is 10.6 Å². The van der Waals surface area contributed by atoms with Gasteiger partial charge in [-0.1, -0.05) is 59.2 Å². The first-order valence-electron chi connectivity index (χ1n) is 11.0. The number of aromatic nitrogens is 3.